The van der Waals surface area contributed by atoms with E-state index in [-0.39, 0.29) is 5.69 Å². The van der Waals surface area contributed by atoms with Crippen molar-refractivity contribution in [1.29, 1.82) is 0 Å². The molecule has 3 N–H and O–H groups in total. The minimum absolute atomic E-state index is 0.171. The molecule has 2 rings (SSSR count). The minimum atomic E-state index is -0.570. The molecular formula is C12H14N4OS. The molecule has 18 heavy (non-hydrogen) atoms. The van der Waals surface area contributed by atoms with E-state index in [4.69, 9.17) is 5.73 Å². The van der Waals surface area contributed by atoms with Gasteiger partial charge in [0.2, 0.25) is 0 Å². The van der Waals surface area contributed by atoms with E-state index in [1.165, 1.54) is 9.75 Å². The molecule has 94 valence electrons. The summed E-state index contributed by atoms with van der Waals surface area (Å²) in [4.78, 5) is 13.4. The summed E-state index contributed by atoms with van der Waals surface area (Å²) < 4.78 is 0. The van der Waals surface area contributed by atoms with E-state index in [0.717, 1.165) is 6.42 Å². The third-order valence-corrected chi connectivity index (χ3v) is 3.66. The van der Waals surface area contributed by atoms with Crippen molar-refractivity contribution in [3.8, 4) is 0 Å². The molecule has 0 spiro atoms. The average molecular weight is 262 g/mol. The second kappa shape index (κ2) is 5.59. The van der Waals surface area contributed by atoms with Crippen molar-refractivity contribution in [2.24, 2.45) is 5.73 Å². The Morgan fingerprint density at radius 2 is 2.06 bits per heavy atom. The van der Waals surface area contributed by atoms with Crippen LogP contribution in [0.1, 0.15) is 27.2 Å². The Kier molecular flexibility index (Phi) is 3.88. The van der Waals surface area contributed by atoms with E-state index in [2.05, 4.69) is 34.6 Å². The van der Waals surface area contributed by atoms with Crippen LogP contribution in [0.15, 0.2) is 24.3 Å². The van der Waals surface area contributed by atoms with Crippen LogP contribution in [0, 0.1) is 0 Å². The van der Waals surface area contributed by atoms with Gasteiger partial charge in [0.15, 0.2) is 5.69 Å². The molecule has 0 aliphatic carbocycles. The number of hydrogen-bond acceptors (Lipinski definition) is 5. The zero-order valence-corrected chi connectivity index (χ0v) is 10.8. The highest BCUT2D eigenvalue weighted by Gasteiger charge is 2.03. The van der Waals surface area contributed by atoms with Gasteiger partial charge in [-0.05, 0) is 30.7 Å². The molecule has 0 atom stereocenters. The van der Waals surface area contributed by atoms with Crippen molar-refractivity contribution in [2.45, 2.75) is 19.9 Å². The van der Waals surface area contributed by atoms with Crippen LogP contribution in [0.2, 0.25) is 0 Å². The fourth-order valence-electron chi connectivity index (χ4n) is 1.44. The Morgan fingerprint density at radius 3 is 2.61 bits per heavy atom. The second-order valence-electron chi connectivity index (χ2n) is 3.74. The predicted molar refractivity (Wildman–Crippen MR) is 71.6 cm³/mol. The van der Waals surface area contributed by atoms with Crippen molar-refractivity contribution in [2.75, 3.05) is 5.32 Å². The summed E-state index contributed by atoms with van der Waals surface area (Å²) in [7, 11) is 0. The molecule has 5 nitrogen and oxygen atoms in total. The summed E-state index contributed by atoms with van der Waals surface area (Å²) in [6.07, 6.45) is 1.05. The van der Waals surface area contributed by atoms with Gasteiger partial charge in [-0.1, -0.05) is 6.92 Å². The first kappa shape index (κ1) is 12.5. The lowest BCUT2D eigenvalue weighted by Crippen LogP contribution is -2.14. The van der Waals surface area contributed by atoms with Crippen LogP contribution in [0.3, 0.4) is 0 Å². The zero-order valence-electron chi connectivity index (χ0n) is 10.0. The van der Waals surface area contributed by atoms with E-state index in [0.29, 0.717) is 12.4 Å². The van der Waals surface area contributed by atoms with Gasteiger partial charge in [0, 0.05) is 9.75 Å². The van der Waals surface area contributed by atoms with Crippen molar-refractivity contribution < 1.29 is 4.79 Å². The highest BCUT2D eigenvalue weighted by Crippen LogP contribution is 2.17. The Morgan fingerprint density at radius 1 is 1.28 bits per heavy atom. The first-order valence-electron chi connectivity index (χ1n) is 5.64. The normalized spacial score (nSPS) is 10.3. The van der Waals surface area contributed by atoms with Crippen LogP contribution in [-0.4, -0.2) is 16.1 Å². The van der Waals surface area contributed by atoms with Crippen LogP contribution in [0.5, 0.6) is 0 Å². The van der Waals surface area contributed by atoms with Gasteiger partial charge in [0.25, 0.3) is 5.91 Å². The molecule has 0 saturated heterocycles. The van der Waals surface area contributed by atoms with Crippen molar-refractivity contribution >= 4 is 23.1 Å². The Balaban J connectivity index is 1.95. The van der Waals surface area contributed by atoms with Crippen LogP contribution >= 0.6 is 11.3 Å². The average Bonchev–Trinajstić information content (AvgIpc) is 2.85. The maximum absolute atomic E-state index is 10.8. The largest absolute Gasteiger partial charge is 0.364 e. The summed E-state index contributed by atoms with van der Waals surface area (Å²) >= 11 is 1.78. The molecule has 1 amide bonds. The highest BCUT2D eigenvalue weighted by molar-refractivity contribution is 7.12. The molecule has 0 aromatic carbocycles. The maximum atomic E-state index is 10.8. The van der Waals surface area contributed by atoms with E-state index in [9.17, 15) is 4.79 Å². The maximum Gasteiger partial charge on any atom is 0.269 e. The second-order valence-corrected chi connectivity index (χ2v) is 5.00. The number of anilines is 1. The zero-order chi connectivity index (χ0) is 13.0. The number of carbonyl (C=O) groups is 1. The number of rotatable bonds is 5. The van der Waals surface area contributed by atoms with E-state index >= 15 is 0 Å². The van der Waals surface area contributed by atoms with E-state index in [1.807, 2.05) is 0 Å². The van der Waals surface area contributed by atoms with Gasteiger partial charge in [0.1, 0.15) is 5.82 Å². The monoisotopic (exact) mass is 262 g/mol. The summed E-state index contributed by atoms with van der Waals surface area (Å²) in [5, 5.41) is 10.8. The van der Waals surface area contributed by atoms with E-state index < -0.39 is 5.91 Å². The number of aryl methyl sites for hydroxylation is 1. The molecule has 0 fully saturated rings. The summed E-state index contributed by atoms with van der Waals surface area (Å²) in [5.41, 5.74) is 5.26. The number of hydrogen-bond donors (Lipinski definition) is 2. The van der Waals surface area contributed by atoms with Crippen LogP contribution in [0.25, 0.3) is 0 Å². The quantitative estimate of drug-likeness (QED) is 0.861. The molecular weight excluding hydrogens is 248 g/mol. The molecule has 0 radical (unpaired) electrons. The van der Waals surface area contributed by atoms with Crippen LogP contribution in [-0.2, 0) is 13.0 Å². The smallest absolute Gasteiger partial charge is 0.269 e. The number of primary amides is 1. The minimum Gasteiger partial charge on any atom is -0.364 e. The predicted octanol–water partition coefficient (Wildman–Crippen LogP) is 1.81. The van der Waals surface area contributed by atoms with Crippen LogP contribution in [0.4, 0.5) is 5.82 Å². The Bertz CT molecular complexity index is 535. The van der Waals surface area contributed by atoms with Crippen molar-refractivity contribution in [3.05, 3.63) is 39.7 Å². The van der Waals surface area contributed by atoms with Gasteiger partial charge in [0.05, 0.1) is 6.54 Å². The highest BCUT2D eigenvalue weighted by atomic mass is 32.1. The lowest BCUT2D eigenvalue weighted by molar-refractivity contribution is 0.0994. The number of thiophene rings is 1. The van der Waals surface area contributed by atoms with Crippen LogP contribution < -0.4 is 11.1 Å². The number of aromatic nitrogens is 2. The summed E-state index contributed by atoms with van der Waals surface area (Å²) in [6, 6.07) is 7.48. The van der Waals surface area contributed by atoms with Gasteiger partial charge in [-0.3, -0.25) is 4.79 Å². The standard InChI is InChI=1S/C12H14N4OS/c1-2-8-3-4-9(18-8)7-14-11-6-5-10(12(13)17)15-16-11/h3-6H,2,7H2,1H3,(H2,13,17)(H,14,16). The lowest BCUT2D eigenvalue weighted by atomic mass is 10.3. The molecule has 0 bridgehead atoms. The molecule has 0 saturated carbocycles. The first-order valence-corrected chi connectivity index (χ1v) is 6.45. The van der Waals surface area contributed by atoms with Gasteiger partial charge in [-0.15, -0.1) is 21.5 Å². The van der Waals surface area contributed by atoms with Gasteiger partial charge < -0.3 is 11.1 Å². The molecule has 0 aliphatic heterocycles. The third kappa shape index (κ3) is 3.04. The molecule has 2 heterocycles. The molecule has 0 aliphatic rings. The van der Waals surface area contributed by atoms with Gasteiger partial charge >= 0.3 is 0 Å². The molecule has 0 unspecified atom stereocenters. The fourth-order valence-corrected chi connectivity index (χ4v) is 2.34. The Hall–Kier alpha value is -1.95. The van der Waals surface area contributed by atoms with Crippen molar-refractivity contribution in [3.63, 3.8) is 0 Å². The number of nitrogens with two attached hydrogens (primary N) is 1. The number of nitrogens with zero attached hydrogens (tertiary/aromatic N) is 2. The fraction of sp³-hybridized carbons (Fsp3) is 0.250. The van der Waals surface area contributed by atoms with E-state index in [1.54, 1.807) is 23.5 Å². The summed E-state index contributed by atoms with van der Waals surface area (Å²) in [6.45, 7) is 2.84. The molecule has 2 aromatic heterocycles. The summed E-state index contributed by atoms with van der Waals surface area (Å²) in [5.74, 6) is 0.0614. The SMILES string of the molecule is CCc1ccc(CNc2ccc(C(N)=O)nn2)s1. The molecule has 2 aromatic rings. The number of amides is 1. The van der Waals surface area contributed by atoms with Gasteiger partial charge in [-0.25, -0.2) is 0 Å². The lowest BCUT2D eigenvalue weighted by Gasteiger charge is -2.02. The topological polar surface area (TPSA) is 80.9 Å². The number of nitrogens with one attached hydrogen (secondary N) is 1. The van der Waals surface area contributed by atoms with Gasteiger partial charge in [-0.2, -0.15) is 0 Å². The first-order chi connectivity index (χ1) is 8.69. The third-order valence-electron chi connectivity index (χ3n) is 2.43. The molecule has 6 heteroatoms. The van der Waals surface area contributed by atoms with Crippen molar-refractivity contribution in [1.82, 2.24) is 10.2 Å². The number of carbonyl (C=O) groups excluding carboxylic acids is 1. The Labute approximate surface area is 109 Å².